The Bertz CT molecular complexity index is 368. The quantitative estimate of drug-likeness (QED) is 0.874. The average molecular weight is 273 g/mol. The maximum atomic E-state index is 6.17. The van der Waals surface area contributed by atoms with Gasteiger partial charge >= 0.3 is 0 Å². The van der Waals surface area contributed by atoms with Gasteiger partial charge in [-0.1, -0.05) is 11.8 Å². The fraction of sp³-hybridized carbons (Fsp3) is 0.800. The van der Waals surface area contributed by atoms with E-state index in [2.05, 4.69) is 9.36 Å². The van der Waals surface area contributed by atoms with Gasteiger partial charge in [0, 0.05) is 24.1 Å². The number of nitrogens with zero attached hydrogens (tertiary/aromatic N) is 2. The van der Waals surface area contributed by atoms with E-state index in [1.165, 1.54) is 11.5 Å². The molecule has 0 bridgehead atoms. The molecule has 1 saturated carbocycles. The molecule has 5 nitrogen and oxygen atoms in total. The molecule has 1 aliphatic heterocycles. The highest BCUT2D eigenvalue weighted by atomic mass is 32.2. The highest BCUT2D eigenvalue weighted by Crippen LogP contribution is 2.41. The van der Waals surface area contributed by atoms with Gasteiger partial charge in [-0.25, -0.2) is 4.98 Å². The normalized spacial score (nSPS) is 32.1. The number of hydrogen-bond donors (Lipinski definition) is 1. The van der Waals surface area contributed by atoms with Crippen LogP contribution >= 0.6 is 23.3 Å². The van der Waals surface area contributed by atoms with Crippen LogP contribution in [0.2, 0.25) is 0 Å². The summed E-state index contributed by atoms with van der Waals surface area (Å²) in [5, 5.41) is 0.301. The van der Waals surface area contributed by atoms with E-state index >= 15 is 0 Å². The molecular weight excluding hydrogens is 258 g/mol. The highest BCUT2D eigenvalue weighted by Gasteiger charge is 2.44. The van der Waals surface area contributed by atoms with E-state index in [0.29, 0.717) is 18.5 Å². The maximum Gasteiger partial charge on any atom is 0.170 e. The molecule has 1 spiro atoms. The fourth-order valence-electron chi connectivity index (χ4n) is 2.37. The first-order chi connectivity index (χ1) is 8.27. The van der Waals surface area contributed by atoms with E-state index in [1.807, 2.05) is 0 Å². The summed E-state index contributed by atoms with van der Waals surface area (Å²) in [5.74, 6) is -0.377. The Balaban J connectivity index is 1.69. The predicted octanol–water partition coefficient (Wildman–Crippen LogP) is 1.25. The first kappa shape index (κ1) is 11.9. The minimum atomic E-state index is -0.377. The van der Waals surface area contributed by atoms with Gasteiger partial charge in [0.2, 0.25) is 0 Å². The first-order valence-electron chi connectivity index (χ1n) is 5.74. The van der Waals surface area contributed by atoms with Crippen molar-refractivity contribution >= 4 is 23.3 Å². The number of ether oxygens (including phenoxy) is 2. The minimum Gasteiger partial charge on any atom is -0.347 e. The molecule has 1 aromatic heterocycles. The summed E-state index contributed by atoms with van der Waals surface area (Å²) in [7, 11) is 0. The SMILES string of the molecule is NC1CCC2(CC1Sc1ncns1)OCCO2. The number of aromatic nitrogens is 2. The van der Waals surface area contributed by atoms with Crippen molar-refractivity contribution in [1.82, 2.24) is 9.36 Å². The lowest BCUT2D eigenvalue weighted by Crippen LogP contribution is -2.47. The monoisotopic (exact) mass is 273 g/mol. The van der Waals surface area contributed by atoms with Gasteiger partial charge in [-0.15, -0.1) is 0 Å². The predicted molar refractivity (Wildman–Crippen MR) is 66.0 cm³/mol. The zero-order valence-electron chi connectivity index (χ0n) is 9.37. The smallest absolute Gasteiger partial charge is 0.170 e. The third-order valence-corrected chi connectivity index (χ3v) is 5.35. The average Bonchev–Trinajstić information content (AvgIpc) is 2.96. The molecule has 2 aliphatic rings. The Morgan fingerprint density at radius 2 is 2.29 bits per heavy atom. The summed E-state index contributed by atoms with van der Waals surface area (Å²) in [6.45, 7) is 1.40. The van der Waals surface area contributed by atoms with E-state index in [4.69, 9.17) is 15.2 Å². The summed E-state index contributed by atoms with van der Waals surface area (Å²) in [6, 6.07) is 0.183. The topological polar surface area (TPSA) is 70.3 Å². The summed E-state index contributed by atoms with van der Waals surface area (Å²) >= 11 is 3.11. The van der Waals surface area contributed by atoms with Crippen molar-refractivity contribution in [3.63, 3.8) is 0 Å². The molecule has 17 heavy (non-hydrogen) atoms. The molecule has 0 amide bonds. The summed E-state index contributed by atoms with van der Waals surface area (Å²) in [6.07, 6.45) is 4.27. The molecule has 94 valence electrons. The zero-order chi connectivity index (χ0) is 11.7. The molecule has 0 radical (unpaired) electrons. The molecule has 1 saturated heterocycles. The standard InChI is InChI=1S/C10H15N3O2S2/c11-7-1-2-10(14-3-4-15-10)5-8(7)16-9-12-6-13-17-9/h6-8H,1-5,11H2. The van der Waals surface area contributed by atoms with Gasteiger partial charge in [-0.05, 0) is 18.0 Å². The van der Waals surface area contributed by atoms with E-state index in [9.17, 15) is 0 Å². The summed E-state index contributed by atoms with van der Waals surface area (Å²) in [4.78, 5) is 4.19. The highest BCUT2D eigenvalue weighted by molar-refractivity contribution is 8.01. The van der Waals surface area contributed by atoms with E-state index < -0.39 is 0 Å². The fourth-order valence-corrected chi connectivity index (χ4v) is 4.33. The number of hydrogen-bond acceptors (Lipinski definition) is 7. The number of nitrogens with two attached hydrogens (primary N) is 1. The lowest BCUT2D eigenvalue weighted by atomic mass is 9.90. The summed E-state index contributed by atoms with van der Waals surface area (Å²) in [5.41, 5.74) is 6.17. The molecule has 2 atom stereocenters. The molecule has 2 fully saturated rings. The number of thioether (sulfide) groups is 1. The van der Waals surface area contributed by atoms with Crippen LogP contribution < -0.4 is 5.73 Å². The van der Waals surface area contributed by atoms with Crippen molar-refractivity contribution in [3.8, 4) is 0 Å². The van der Waals surface area contributed by atoms with Crippen LogP contribution in [-0.4, -0.2) is 39.7 Å². The molecule has 2 N–H and O–H groups in total. The van der Waals surface area contributed by atoms with Crippen molar-refractivity contribution in [2.75, 3.05) is 13.2 Å². The molecule has 1 aliphatic carbocycles. The molecule has 1 aromatic rings. The first-order valence-corrected chi connectivity index (χ1v) is 7.40. The van der Waals surface area contributed by atoms with Crippen LogP contribution in [0.1, 0.15) is 19.3 Å². The van der Waals surface area contributed by atoms with Crippen LogP contribution in [0.5, 0.6) is 0 Å². The van der Waals surface area contributed by atoms with Crippen LogP contribution in [0.4, 0.5) is 0 Å². The van der Waals surface area contributed by atoms with Gasteiger partial charge < -0.3 is 15.2 Å². The van der Waals surface area contributed by atoms with Crippen LogP contribution in [0.25, 0.3) is 0 Å². The van der Waals surface area contributed by atoms with E-state index in [-0.39, 0.29) is 11.8 Å². The zero-order valence-corrected chi connectivity index (χ0v) is 11.0. The van der Waals surface area contributed by atoms with Crippen molar-refractivity contribution < 1.29 is 9.47 Å². The summed E-state index contributed by atoms with van der Waals surface area (Å²) < 4.78 is 16.5. The minimum absolute atomic E-state index is 0.183. The Morgan fingerprint density at radius 1 is 1.47 bits per heavy atom. The van der Waals surface area contributed by atoms with Crippen LogP contribution in [-0.2, 0) is 9.47 Å². The van der Waals surface area contributed by atoms with Gasteiger partial charge in [-0.2, -0.15) is 4.37 Å². The van der Waals surface area contributed by atoms with Gasteiger partial charge in [0.05, 0.1) is 13.2 Å². The second-order valence-corrected chi connectivity index (χ2v) is 6.64. The number of rotatable bonds is 2. The van der Waals surface area contributed by atoms with Gasteiger partial charge in [-0.3, -0.25) is 0 Å². The largest absolute Gasteiger partial charge is 0.347 e. The van der Waals surface area contributed by atoms with Crippen molar-refractivity contribution in [2.24, 2.45) is 5.73 Å². The molecule has 7 heteroatoms. The van der Waals surface area contributed by atoms with E-state index in [1.54, 1.807) is 18.1 Å². The molecule has 2 unspecified atom stereocenters. The molecule has 0 aromatic carbocycles. The maximum absolute atomic E-state index is 6.17. The third-order valence-electron chi connectivity index (χ3n) is 3.26. The Hall–Kier alpha value is -0.210. The van der Waals surface area contributed by atoms with Crippen LogP contribution in [0.3, 0.4) is 0 Å². The van der Waals surface area contributed by atoms with Gasteiger partial charge in [0.1, 0.15) is 6.33 Å². The molecule has 3 rings (SSSR count). The van der Waals surface area contributed by atoms with Crippen molar-refractivity contribution in [1.29, 1.82) is 0 Å². The second-order valence-electron chi connectivity index (χ2n) is 4.38. The van der Waals surface area contributed by atoms with E-state index in [0.717, 1.165) is 23.6 Å². The van der Waals surface area contributed by atoms with Crippen molar-refractivity contribution in [2.45, 2.75) is 40.7 Å². The Kier molecular flexibility index (Phi) is 3.36. The lowest BCUT2D eigenvalue weighted by molar-refractivity contribution is -0.176. The Labute approximate surface area is 108 Å². The van der Waals surface area contributed by atoms with Crippen LogP contribution in [0, 0.1) is 0 Å². The van der Waals surface area contributed by atoms with Crippen molar-refractivity contribution in [3.05, 3.63) is 6.33 Å². The van der Waals surface area contributed by atoms with Gasteiger partial charge in [0.25, 0.3) is 0 Å². The second kappa shape index (κ2) is 4.81. The molecule has 2 heterocycles. The van der Waals surface area contributed by atoms with Crippen LogP contribution in [0.15, 0.2) is 10.7 Å². The Morgan fingerprint density at radius 3 is 3.00 bits per heavy atom. The molecular formula is C10H15N3O2S2. The third kappa shape index (κ3) is 2.48. The lowest BCUT2D eigenvalue weighted by Gasteiger charge is -2.38. The van der Waals surface area contributed by atoms with Gasteiger partial charge in [0.15, 0.2) is 10.1 Å².